The van der Waals surface area contributed by atoms with Gasteiger partial charge in [0.2, 0.25) is 0 Å². The van der Waals surface area contributed by atoms with Gasteiger partial charge in [0.05, 0.1) is 17.6 Å². The quantitative estimate of drug-likeness (QED) is 0.605. The summed E-state index contributed by atoms with van der Waals surface area (Å²) in [4.78, 5) is 7.10. The van der Waals surface area contributed by atoms with Crippen molar-refractivity contribution in [2.75, 3.05) is 13.1 Å². The summed E-state index contributed by atoms with van der Waals surface area (Å²) in [7, 11) is 0. The van der Waals surface area contributed by atoms with Gasteiger partial charge in [0.1, 0.15) is 0 Å². The van der Waals surface area contributed by atoms with Crippen LogP contribution in [0.1, 0.15) is 35.7 Å². The van der Waals surface area contributed by atoms with Gasteiger partial charge in [-0.1, -0.05) is 24.3 Å². The number of likely N-dealkylation sites (tertiary alicyclic amines) is 1. The number of hydrogen-bond donors (Lipinski definition) is 1. The number of pyridine rings is 1. The number of para-hydroxylation sites is 1. The molecule has 0 amide bonds. The number of hydrogen-bond acceptors (Lipinski definition) is 5. The Labute approximate surface area is 173 Å². The molecule has 1 aliphatic heterocycles. The van der Waals surface area contributed by atoms with E-state index in [1.54, 1.807) is 0 Å². The van der Waals surface area contributed by atoms with Gasteiger partial charge >= 0.3 is 0 Å². The lowest BCUT2D eigenvalue weighted by atomic mass is 9.92. The highest BCUT2D eigenvalue weighted by Gasteiger charge is 2.22. The molecule has 4 rings (SSSR count). The first-order valence-corrected chi connectivity index (χ1v) is 10.8. The van der Waals surface area contributed by atoms with Crippen molar-refractivity contribution in [1.82, 2.24) is 24.4 Å². The second-order valence-electron chi connectivity index (χ2n) is 7.29. The van der Waals surface area contributed by atoms with E-state index in [0.29, 0.717) is 5.92 Å². The number of piperidine rings is 1. The van der Waals surface area contributed by atoms with Crippen LogP contribution in [0.2, 0.25) is 0 Å². The van der Waals surface area contributed by atoms with Crippen LogP contribution in [0.15, 0.2) is 60.9 Å². The highest BCUT2D eigenvalue weighted by atomic mass is 32.2. The van der Waals surface area contributed by atoms with Gasteiger partial charge in [-0.15, -0.1) is 0 Å². The second-order valence-corrected chi connectivity index (χ2v) is 8.05. The predicted molar refractivity (Wildman–Crippen MR) is 111 cm³/mol. The third kappa shape index (κ3) is 5.36. The summed E-state index contributed by atoms with van der Waals surface area (Å²) in [6.07, 6.45) is 6.13. The minimum absolute atomic E-state index is 0.230. The Hall–Kier alpha value is -2.39. The van der Waals surface area contributed by atoms with Crippen LogP contribution in [0.5, 0.6) is 0 Å². The molecule has 1 aromatic carbocycles. The average Bonchev–Trinajstić information content (AvgIpc) is 3.22. The standard InChI is InChI=1S/C21H25N5O2S/c27-29(28)23-14-19-5-4-8-21(24-19)18-9-11-25(12-10-18)15-17-13-22-26(16-17)20-6-2-1-3-7-20/h1-8,13,16,18,23H,9-12,14-15H2,(H,27,28)/p-1. The van der Waals surface area contributed by atoms with Gasteiger partial charge in [0.25, 0.3) is 0 Å². The predicted octanol–water partition coefficient (Wildman–Crippen LogP) is 2.53. The van der Waals surface area contributed by atoms with Crippen molar-refractivity contribution >= 4 is 11.3 Å². The Kier molecular flexibility index (Phi) is 6.46. The highest BCUT2D eigenvalue weighted by molar-refractivity contribution is 7.77. The Morgan fingerprint density at radius 3 is 2.66 bits per heavy atom. The van der Waals surface area contributed by atoms with E-state index < -0.39 is 11.3 Å². The molecule has 3 heterocycles. The Bertz CT molecular complexity index is 954. The number of nitrogens with one attached hydrogen (secondary N) is 1. The van der Waals surface area contributed by atoms with Crippen LogP contribution in [0.25, 0.3) is 5.69 Å². The zero-order valence-corrected chi connectivity index (χ0v) is 16.9. The maximum absolute atomic E-state index is 10.7. The monoisotopic (exact) mass is 410 g/mol. The van der Waals surface area contributed by atoms with Crippen molar-refractivity contribution in [1.29, 1.82) is 0 Å². The molecule has 0 saturated carbocycles. The van der Waals surface area contributed by atoms with Gasteiger partial charge in [0.15, 0.2) is 0 Å². The summed E-state index contributed by atoms with van der Waals surface area (Å²) < 4.78 is 25.6. The fourth-order valence-electron chi connectivity index (χ4n) is 3.77. The van der Waals surface area contributed by atoms with Gasteiger partial charge in [0, 0.05) is 47.7 Å². The van der Waals surface area contributed by atoms with E-state index in [9.17, 15) is 8.76 Å². The number of benzene rings is 1. The van der Waals surface area contributed by atoms with E-state index in [-0.39, 0.29) is 6.54 Å². The van der Waals surface area contributed by atoms with E-state index in [0.717, 1.165) is 49.6 Å². The zero-order valence-electron chi connectivity index (χ0n) is 16.1. The molecular weight excluding hydrogens is 386 g/mol. The maximum Gasteiger partial charge on any atom is 0.0645 e. The van der Waals surface area contributed by atoms with E-state index in [2.05, 4.69) is 25.9 Å². The van der Waals surface area contributed by atoms with Crippen LogP contribution < -0.4 is 4.72 Å². The van der Waals surface area contributed by atoms with Crippen molar-refractivity contribution in [3.63, 3.8) is 0 Å². The lowest BCUT2D eigenvalue weighted by Gasteiger charge is -2.31. The molecule has 0 aliphatic carbocycles. The highest BCUT2D eigenvalue weighted by Crippen LogP contribution is 2.27. The molecule has 1 N–H and O–H groups in total. The summed E-state index contributed by atoms with van der Waals surface area (Å²) in [6, 6.07) is 16.0. The molecule has 0 radical (unpaired) electrons. The fraction of sp³-hybridized carbons (Fsp3) is 0.333. The van der Waals surface area contributed by atoms with Gasteiger partial charge < -0.3 is 4.55 Å². The molecule has 3 aromatic rings. The average molecular weight is 411 g/mol. The third-order valence-electron chi connectivity index (χ3n) is 5.27. The zero-order chi connectivity index (χ0) is 20.1. The molecule has 1 atom stereocenters. The summed E-state index contributed by atoms with van der Waals surface area (Å²) >= 11 is -2.27. The van der Waals surface area contributed by atoms with Crippen LogP contribution in [0.4, 0.5) is 0 Å². The lowest BCUT2D eigenvalue weighted by molar-refractivity contribution is 0.203. The van der Waals surface area contributed by atoms with Gasteiger partial charge in [-0.25, -0.2) is 9.40 Å². The van der Waals surface area contributed by atoms with Crippen LogP contribution in [0.3, 0.4) is 0 Å². The maximum atomic E-state index is 10.7. The first-order valence-electron chi connectivity index (χ1n) is 9.77. The molecule has 1 fully saturated rings. The first kappa shape index (κ1) is 19.9. The smallest absolute Gasteiger partial charge is 0.0645 e. The molecule has 29 heavy (non-hydrogen) atoms. The van der Waals surface area contributed by atoms with Gasteiger partial charge in [-0.3, -0.25) is 14.1 Å². The van der Waals surface area contributed by atoms with E-state index in [1.807, 2.05) is 59.4 Å². The summed E-state index contributed by atoms with van der Waals surface area (Å²) in [6.45, 7) is 3.15. The number of aromatic nitrogens is 3. The minimum atomic E-state index is -2.27. The Balaban J connectivity index is 1.31. The van der Waals surface area contributed by atoms with Crippen molar-refractivity contribution in [3.8, 4) is 5.69 Å². The largest absolute Gasteiger partial charge is 0.760 e. The third-order valence-corrected chi connectivity index (χ3v) is 5.65. The van der Waals surface area contributed by atoms with Gasteiger partial charge in [-0.2, -0.15) is 5.10 Å². The van der Waals surface area contributed by atoms with E-state index in [4.69, 9.17) is 0 Å². The lowest BCUT2D eigenvalue weighted by Crippen LogP contribution is -2.32. The first-order chi connectivity index (χ1) is 14.2. The normalized spacial score (nSPS) is 16.7. The fourth-order valence-corrected chi connectivity index (χ4v) is 4.03. The van der Waals surface area contributed by atoms with E-state index in [1.165, 1.54) is 5.56 Å². The molecule has 8 heteroatoms. The van der Waals surface area contributed by atoms with Crippen molar-refractivity contribution in [2.45, 2.75) is 31.8 Å². The minimum Gasteiger partial charge on any atom is -0.760 e. The second kappa shape index (κ2) is 9.41. The molecule has 0 spiro atoms. The SMILES string of the molecule is O=S([O-])NCc1cccc(C2CCN(Cc3cnn(-c4ccccc4)c3)CC2)n1. The molecule has 152 valence electrons. The molecule has 2 aromatic heterocycles. The molecular formula is C21H24N5O2S-. The number of rotatable bonds is 7. The van der Waals surface area contributed by atoms with Crippen LogP contribution in [0, 0.1) is 0 Å². The van der Waals surface area contributed by atoms with Crippen molar-refractivity contribution in [3.05, 3.63) is 77.9 Å². The topological polar surface area (TPSA) is 86.1 Å². The van der Waals surface area contributed by atoms with Crippen LogP contribution >= 0.6 is 0 Å². The Morgan fingerprint density at radius 1 is 1.10 bits per heavy atom. The van der Waals surface area contributed by atoms with E-state index >= 15 is 0 Å². The van der Waals surface area contributed by atoms with Crippen molar-refractivity contribution < 1.29 is 8.76 Å². The Morgan fingerprint density at radius 2 is 1.90 bits per heavy atom. The number of nitrogens with zero attached hydrogens (tertiary/aromatic N) is 4. The summed E-state index contributed by atoms with van der Waals surface area (Å²) in [5.74, 6) is 0.413. The summed E-state index contributed by atoms with van der Waals surface area (Å²) in [5, 5.41) is 4.48. The molecule has 1 aliphatic rings. The molecule has 1 unspecified atom stereocenters. The van der Waals surface area contributed by atoms with Crippen molar-refractivity contribution in [2.24, 2.45) is 0 Å². The molecule has 1 saturated heterocycles. The molecule has 7 nitrogen and oxygen atoms in total. The molecule has 0 bridgehead atoms. The van der Waals surface area contributed by atoms with Crippen LogP contribution in [-0.4, -0.2) is 41.5 Å². The summed E-state index contributed by atoms with van der Waals surface area (Å²) in [5.41, 5.74) is 4.09. The van der Waals surface area contributed by atoms with Crippen LogP contribution in [-0.2, 0) is 24.4 Å². The van der Waals surface area contributed by atoms with Gasteiger partial charge in [-0.05, 0) is 50.2 Å².